The van der Waals surface area contributed by atoms with Crippen LogP contribution in [0.1, 0.15) is 0 Å². The van der Waals surface area contributed by atoms with Gasteiger partial charge in [0.25, 0.3) is 0 Å². The molecule has 4 aromatic heterocycles. The van der Waals surface area contributed by atoms with Crippen molar-refractivity contribution in [3.63, 3.8) is 0 Å². The lowest BCUT2D eigenvalue weighted by molar-refractivity contribution is 1.13. The first-order valence-electron chi connectivity index (χ1n) is 17.6. The molecular formula is C47H30N3PS. The Labute approximate surface area is 305 Å². The number of para-hydroxylation sites is 2. The summed E-state index contributed by atoms with van der Waals surface area (Å²) in [7, 11) is -0.828. The second-order valence-corrected chi connectivity index (χ2v) is 16.5. The molecule has 7 aromatic carbocycles. The minimum Gasteiger partial charge on any atom is -0.309 e. The van der Waals surface area contributed by atoms with Crippen LogP contribution >= 0.6 is 19.3 Å². The van der Waals surface area contributed by atoms with Crippen LogP contribution in [0.5, 0.6) is 0 Å². The molecule has 0 aliphatic carbocycles. The van der Waals surface area contributed by atoms with Crippen LogP contribution in [-0.4, -0.2) is 14.1 Å². The Hall–Kier alpha value is -6.06. The van der Waals surface area contributed by atoms with Gasteiger partial charge in [-0.25, -0.2) is 4.98 Å². The van der Waals surface area contributed by atoms with E-state index in [1.165, 1.54) is 63.3 Å². The third-order valence-corrected chi connectivity index (χ3v) is 14.2. The maximum Gasteiger partial charge on any atom is 0.145 e. The summed E-state index contributed by atoms with van der Waals surface area (Å²) in [6.07, 6.45) is 1.89. The van der Waals surface area contributed by atoms with Gasteiger partial charge in [-0.2, -0.15) is 0 Å². The first-order chi connectivity index (χ1) is 25.8. The number of fused-ring (bicyclic) bond motifs is 9. The number of benzene rings is 7. The van der Waals surface area contributed by atoms with E-state index in [1.54, 1.807) is 0 Å². The molecule has 4 heterocycles. The highest BCUT2D eigenvalue weighted by molar-refractivity contribution is 7.80. The molecule has 1 atom stereocenters. The topological polar surface area (TPSA) is 22.8 Å². The van der Waals surface area contributed by atoms with Crippen LogP contribution in [0.15, 0.2) is 182 Å². The molecule has 0 bridgehead atoms. The Morgan fingerprint density at radius 1 is 0.423 bits per heavy atom. The van der Waals surface area contributed by atoms with Gasteiger partial charge in [-0.15, -0.1) is 11.3 Å². The number of nitrogens with zero attached hydrogens (tertiary/aromatic N) is 3. The summed E-state index contributed by atoms with van der Waals surface area (Å²) < 4.78 is 7.44. The van der Waals surface area contributed by atoms with E-state index in [0.717, 1.165) is 27.9 Å². The maximum atomic E-state index is 4.85. The Morgan fingerprint density at radius 3 is 1.98 bits per heavy atom. The molecule has 0 aliphatic rings. The molecule has 0 fully saturated rings. The van der Waals surface area contributed by atoms with Crippen molar-refractivity contribution in [3.8, 4) is 11.4 Å². The van der Waals surface area contributed by atoms with Crippen LogP contribution in [0.25, 0.3) is 75.3 Å². The van der Waals surface area contributed by atoms with Crippen LogP contribution in [0, 0.1) is 0 Å². The zero-order valence-corrected chi connectivity index (χ0v) is 29.7. The molecule has 0 radical (unpaired) electrons. The number of thiophene rings is 1. The molecule has 11 aromatic rings. The lowest BCUT2D eigenvalue weighted by atomic mass is 10.1. The van der Waals surface area contributed by atoms with Gasteiger partial charge in [-0.05, 0) is 85.3 Å². The van der Waals surface area contributed by atoms with E-state index in [1.807, 2.05) is 23.6 Å². The van der Waals surface area contributed by atoms with Crippen molar-refractivity contribution in [2.24, 2.45) is 0 Å². The molecule has 0 aliphatic heterocycles. The molecule has 244 valence electrons. The van der Waals surface area contributed by atoms with Gasteiger partial charge in [0.2, 0.25) is 0 Å². The van der Waals surface area contributed by atoms with Crippen LogP contribution in [-0.2, 0) is 0 Å². The van der Waals surface area contributed by atoms with Gasteiger partial charge in [0.15, 0.2) is 0 Å². The van der Waals surface area contributed by atoms with E-state index in [9.17, 15) is 0 Å². The molecule has 3 nitrogen and oxygen atoms in total. The van der Waals surface area contributed by atoms with Crippen molar-refractivity contribution < 1.29 is 0 Å². The van der Waals surface area contributed by atoms with Crippen LogP contribution in [0.4, 0.5) is 0 Å². The zero-order valence-electron chi connectivity index (χ0n) is 28.0. The minimum atomic E-state index is -0.828. The summed E-state index contributed by atoms with van der Waals surface area (Å²) in [5.41, 5.74) is 6.78. The molecule has 0 saturated heterocycles. The van der Waals surface area contributed by atoms with Crippen molar-refractivity contribution in [1.82, 2.24) is 14.1 Å². The summed E-state index contributed by atoms with van der Waals surface area (Å²) in [5.74, 6) is 0. The Morgan fingerprint density at radius 2 is 1.10 bits per heavy atom. The van der Waals surface area contributed by atoms with Gasteiger partial charge in [0.05, 0.1) is 16.6 Å². The highest BCUT2D eigenvalue weighted by atomic mass is 32.1. The molecule has 0 N–H and O–H groups in total. The third kappa shape index (κ3) is 4.45. The van der Waals surface area contributed by atoms with E-state index < -0.39 is 7.92 Å². The summed E-state index contributed by atoms with van der Waals surface area (Å²) in [6.45, 7) is 0. The molecule has 1 unspecified atom stereocenters. The molecule has 0 spiro atoms. The number of aromatic nitrogens is 3. The van der Waals surface area contributed by atoms with Gasteiger partial charge in [0.1, 0.15) is 5.65 Å². The highest BCUT2D eigenvalue weighted by Crippen LogP contribution is 2.43. The standard InChI is InChI=1S/C47H30N3PS/c1-3-13-31(14-4-1)50-43-26-24-32(29-39(43)38-20-12-28-48-47(38)50)49-41-21-9-7-17-35(41)40-30-34(25-27-42(40)49)51(33-15-5-2-6-16-33)44-22-11-19-37-36-18-8-10-23-45(36)52-46(37)44/h1-30H. The minimum absolute atomic E-state index is 0.828. The van der Waals surface area contributed by atoms with Gasteiger partial charge in [-0.1, -0.05) is 109 Å². The first kappa shape index (κ1) is 29.6. The number of hydrogen-bond donors (Lipinski definition) is 0. The third-order valence-electron chi connectivity index (χ3n) is 10.3. The first-order valence-corrected chi connectivity index (χ1v) is 19.7. The fraction of sp³-hybridized carbons (Fsp3) is 0. The number of pyridine rings is 1. The average molecular weight is 700 g/mol. The van der Waals surface area contributed by atoms with Crippen LogP contribution < -0.4 is 15.9 Å². The normalized spacial score (nSPS) is 12.5. The number of rotatable bonds is 5. The van der Waals surface area contributed by atoms with Crippen molar-refractivity contribution in [2.75, 3.05) is 0 Å². The Kier molecular flexibility index (Phi) is 6.70. The summed E-state index contributed by atoms with van der Waals surface area (Å²) in [5, 5.41) is 11.7. The van der Waals surface area contributed by atoms with Crippen LogP contribution in [0.3, 0.4) is 0 Å². The fourth-order valence-electron chi connectivity index (χ4n) is 8.10. The maximum absolute atomic E-state index is 4.85. The lowest BCUT2D eigenvalue weighted by Crippen LogP contribution is -2.20. The van der Waals surface area contributed by atoms with Gasteiger partial charge in [-0.3, -0.25) is 4.57 Å². The molecule has 11 rings (SSSR count). The highest BCUT2D eigenvalue weighted by Gasteiger charge is 2.23. The van der Waals surface area contributed by atoms with Crippen molar-refractivity contribution >= 4 is 99.1 Å². The van der Waals surface area contributed by atoms with E-state index in [-0.39, 0.29) is 0 Å². The SMILES string of the molecule is c1ccc(-n2c3ccc(-n4c5ccccc5c5cc(P(c6ccccc6)c6cccc7c6sc6ccccc67)ccc54)cc3c3cccnc32)cc1. The summed E-state index contributed by atoms with van der Waals surface area (Å²) >= 11 is 1.92. The van der Waals surface area contributed by atoms with E-state index in [2.05, 4.69) is 179 Å². The quantitative estimate of drug-likeness (QED) is 0.164. The van der Waals surface area contributed by atoms with Crippen molar-refractivity contribution in [2.45, 2.75) is 0 Å². The molecule has 0 amide bonds. The molecular weight excluding hydrogens is 670 g/mol. The van der Waals surface area contributed by atoms with E-state index in [4.69, 9.17) is 4.98 Å². The average Bonchev–Trinajstić information content (AvgIpc) is 3.87. The Bertz CT molecular complexity index is 3140. The summed E-state index contributed by atoms with van der Waals surface area (Å²) in [4.78, 5) is 4.85. The summed E-state index contributed by atoms with van der Waals surface area (Å²) in [6, 6.07) is 64.5. The fourth-order valence-corrected chi connectivity index (χ4v) is 12.0. The van der Waals surface area contributed by atoms with Crippen LogP contribution in [0.2, 0.25) is 0 Å². The molecule has 0 saturated carbocycles. The number of hydrogen-bond acceptors (Lipinski definition) is 2. The van der Waals surface area contributed by atoms with Crippen molar-refractivity contribution in [3.05, 3.63) is 182 Å². The second kappa shape index (κ2) is 11.7. The van der Waals surface area contributed by atoms with Gasteiger partial charge < -0.3 is 4.57 Å². The predicted molar refractivity (Wildman–Crippen MR) is 225 cm³/mol. The van der Waals surface area contributed by atoms with Gasteiger partial charge in [0, 0.05) is 64.6 Å². The lowest BCUT2D eigenvalue weighted by Gasteiger charge is -2.20. The molecule has 5 heteroatoms. The predicted octanol–water partition coefficient (Wildman–Crippen LogP) is 11.4. The second-order valence-electron chi connectivity index (χ2n) is 13.2. The van der Waals surface area contributed by atoms with E-state index >= 15 is 0 Å². The largest absolute Gasteiger partial charge is 0.309 e. The zero-order chi connectivity index (χ0) is 34.2. The smallest absolute Gasteiger partial charge is 0.145 e. The van der Waals surface area contributed by atoms with Crippen molar-refractivity contribution in [1.29, 1.82) is 0 Å². The monoisotopic (exact) mass is 699 g/mol. The van der Waals surface area contributed by atoms with Gasteiger partial charge >= 0.3 is 0 Å². The Balaban J connectivity index is 1.14. The van der Waals surface area contributed by atoms with E-state index in [0.29, 0.717) is 0 Å². The molecule has 52 heavy (non-hydrogen) atoms.